The summed E-state index contributed by atoms with van der Waals surface area (Å²) in [5.41, 5.74) is 2.74. The van der Waals surface area contributed by atoms with Crippen LogP contribution in [0, 0.1) is 5.92 Å². The zero-order valence-corrected chi connectivity index (χ0v) is 23.1. The lowest BCUT2D eigenvalue weighted by atomic mass is 10.1. The number of hydrogen-bond acceptors (Lipinski definition) is 4. The Morgan fingerprint density at radius 1 is 1.03 bits per heavy atom. The Kier molecular flexibility index (Phi) is 11.7. The van der Waals surface area contributed by atoms with E-state index in [1.807, 2.05) is 0 Å². The first-order valence-electron chi connectivity index (χ1n) is 12.3. The fourth-order valence-corrected chi connectivity index (χ4v) is 4.64. The summed E-state index contributed by atoms with van der Waals surface area (Å²) in [4.78, 5) is 12.7. The molecule has 0 radical (unpaired) electrons. The summed E-state index contributed by atoms with van der Waals surface area (Å²) in [5.74, 6) is 1.57. The molecule has 0 spiro atoms. The van der Waals surface area contributed by atoms with E-state index in [1.165, 1.54) is 24.2 Å². The molecule has 2 atom stereocenters. The molecule has 32 heavy (non-hydrogen) atoms. The average Bonchev–Trinajstić information content (AvgIpc) is 3.14. The SMILES string of the molecule is CCNC(=NCc1ccccc1CN1CCN(CC)CC1)NC1CN(C(C)C)CC1C.I. The van der Waals surface area contributed by atoms with Gasteiger partial charge in [0.25, 0.3) is 0 Å². The number of guanidine groups is 1. The first-order valence-corrected chi connectivity index (χ1v) is 12.3. The van der Waals surface area contributed by atoms with Crippen molar-refractivity contribution >= 4 is 29.9 Å². The Morgan fingerprint density at radius 2 is 1.69 bits per heavy atom. The molecule has 2 heterocycles. The molecule has 0 aliphatic carbocycles. The topological polar surface area (TPSA) is 46.1 Å². The van der Waals surface area contributed by atoms with Gasteiger partial charge in [-0.1, -0.05) is 38.1 Å². The third-order valence-electron chi connectivity index (χ3n) is 6.87. The van der Waals surface area contributed by atoms with Crippen molar-refractivity contribution in [3.63, 3.8) is 0 Å². The van der Waals surface area contributed by atoms with Crippen LogP contribution < -0.4 is 10.6 Å². The second-order valence-electron chi connectivity index (χ2n) is 9.45. The first kappa shape index (κ1) is 27.3. The van der Waals surface area contributed by atoms with Gasteiger partial charge in [-0.25, -0.2) is 4.99 Å². The highest BCUT2D eigenvalue weighted by Crippen LogP contribution is 2.19. The van der Waals surface area contributed by atoms with Crippen LogP contribution in [0.4, 0.5) is 0 Å². The summed E-state index contributed by atoms with van der Waals surface area (Å²) >= 11 is 0. The van der Waals surface area contributed by atoms with E-state index < -0.39 is 0 Å². The molecule has 0 bridgehead atoms. The summed E-state index contributed by atoms with van der Waals surface area (Å²) in [6.07, 6.45) is 0. The average molecular weight is 557 g/mol. The standard InChI is InChI=1S/C25H44N6.HI/c1-6-26-25(28-24-19-31(20(3)4)17-21(24)5)27-16-22-10-8-9-11-23(22)18-30-14-12-29(7-2)13-15-30;/h8-11,20-21,24H,6-7,12-19H2,1-5H3,(H2,26,27,28);1H. The van der Waals surface area contributed by atoms with E-state index in [0.717, 1.165) is 58.3 Å². The van der Waals surface area contributed by atoms with E-state index in [1.54, 1.807) is 0 Å². The van der Waals surface area contributed by atoms with Crippen LogP contribution in [0.5, 0.6) is 0 Å². The number of piperazine rings is 1. The summed E-state index contributed by atoms with van der Waals surface area (Å²) in [6, 6.07) is 9.86. The van der Waals surface area contributed by atoms with E-state index in [0.29, 0.717) is 18.0 Å². The minimum atomic E-state index is 0. The molecular formula is C25H45IN6. The van der Waals surface area contributed by atoms with Crippen LogP contribution >= 0.6 is 24.0 Å². The van der Waals surface area contributed by atoms with Gasteiger partial charge in [0.1, 0.15) is 0 Å². The van der Waals surface area contributed by atoms with Gasteiger partial charge in [0.2, 0.25) is 0 Å². The minimum absolute atomic E-state index is 0. The quantitative estimate of drug-likeness (QED) is 0.293. The summed E-state index contributed by atoms with van der Waals surface area (Å²) in [6.45, 7) is 22.0. The smallest absolute Gasteiger partial charge is 0.191 e. The first-order chi connectivity index (χ1) is 15.0. The Balaban J connectivity index is 0.00000363. The molecule has 1 aromatic carbocycles. The number of halogens is 1. The fraction of sp³-hybridized carbons (Fsp3) is 0.720. The molecule has 2 fully saturated rings. The van der Waals surface area contributed by atoms with Gasteiger partial charge in [-0.3, -0.25) is 9.80 Å². The maximum absolute atomic E-state index is 4.98. The number of nitrogens with zero attached hydrogens (tertiary/aromatic N) is 4. The van der Waals surface area contributed by atoms with Crippen molar-refractivity contribution in [1.29, 1.82) is 0 Å². The van der Waals surface area contributed by atoms with Crippen LogP contribution in [0.15, 0.2) is 29.3 Å². The molecule has 2 aliphatic rings. The minimum Gasteiger partial charge on any atom is -0.357 e. The number of benzene rings is 1. The Morgan fingerprint density at radius 3 is 2.28 bits per heavy atom. The van der Waals surface area contributed by atoms with Gasteiger partial charge in [0, 0.05) is 64.4 Å². The number of rotatable bonds is 8. The number of likely N-dealkylation sites (tertiary alicyclic amines) is 1. The summed E-state index contributed by atoms with van der Waals surface area (Å²) in [7, 11) is 0. The lowest BCUT2D eigenvalue weighted by Crippen LogP contribution is -2.46. The third kappa shape index (κ3) is 7.85. The van der Waals surface area contributed by atoms with Crippen LogP contribution in [-0.4, -0.2) is 85.1 Å². The van der Waals surface area contributed by atoms with Crippen LogP contribution in [0.1, 0.15) is 45.7 Å². The third-order valence-corrected chi connectivity index (χ3v) is 6.87. The van der Waals surface area contributed by atoms with Crippen molar-refractivity contribution in [2.45, 2.75) is 59.8 Å². The molecule has 2 aliphatic heterocycles. The highest BCUT2D eigenvalue weighted by molar-refractivity contribution is 14.0. The largest absolute Gasteiger partial charge is 0.357 e. The molecule has 1 aromatic rings. The molecule has 3 rings (SSSR count). The maximum atomic E-state index is 4.98. The molecule has 0 aromatic heterocycles. The molecule has 7 heteroatoms. The van der Waals surface area contributed by atoms with Crippen LogP contribution in [0.25, 0.3) is 0 Å². The predicted octanol–water partition coefficient (Wildman–Crippen LogP) is 3.23. The number of hydrogen-bond donors (Lipinski definition) is 2. The van der Waals surface area contributed by atoms with Gasteiger partial charge in [0.15, 0.2) is 5.96 Å². The normalized spacial score (nSPS) is 23.4. The Bertz CT molecular complexity index is 701. The maximum Gasteiger partial charge on any atom is 0.191 e. The lowest BCUT2D eigenvalue weighted by Gasteiger charge is -2.34. The van der Waals surface area contributed by atoms with Gasteiger partial charge in [-0.05, 0) is 44.4 Å². The van der Waals surface area contributed by atoms with Crippen LogP contribution in [0.3, 0.4) is 0 Å². The second kappa shape index (κ2) is 13.7. The van der Waals surface area contributed by atoms with Gasteiger partial charge in [-0.15, -0.1) is 24.0 Å². The second-order valence-corrected chi connectivity index (χ2v) is 9.45. The predicted molar refractivity (Wildman–Crippen MR) is 147 cm³/mol. The van der Waals surface area contributed by atoms with Gasteiger partial charge in [0.05, 0.1) is 6.54 Å². The van der Waals surface area contributed by atoms with E-state index in [9.17, 15) is 0 Å². The lowest BCUT2D eigenvalue weighted by molar-refractivity contribution is 0.131. The monoisotopic (exact) mass is 556 g/mol. The fourth-order valence-electron chi connectivity index (χ4n) is 4.64. The highest BCUT2D eigenvalue weighted by atomic mass is 127. The Hall–Kier alpha value is -0.900. The molecule has 6 nitrogen and oxygen atoms in total. The number of aliphatic imine (C=N–C) groups is 1. The zero-order chi connectivity index (χ0) is 22.2. The van der Waals surface area contributed by atoms with E-state index in [2.05, 4.69) is 84.2 Å². The number of nitrogens with one attached hydrogen (secondary N) is 2. The molecule has 182 valence electrons. The van der Waals surface area contributed by atoms with Crippen molar-refractivity contribution in [1.82, 2.24) is 25.3 Å². The molecular weight excluding hydrogens is 511 g/mol. The summed E-state index contributed by atoms with van der Waals surface area (Å²) < 4.78 is 0. The van der Waals surface area contributed by atoms with Gasteiger partial charge < -0.3 is 15.5 Å². The molecule has 2 saturated heterocycles. The molecule has 2 N–H and O–H groups in total. The van der Waals surface area contributed by atoms with Gasteiger partial charge >= 0.3 is 0 Å². The zero-order valence-electron chi connectivity index (χ0n) is 20.8. The Labute approximate surface area is 213 Å². The molecule has 2 unspecified atom stereocenters. The molecule has 0 amide bonds. The van der Waals surface area contributed by atoms with Crippen LogP contribution in [0.2, 0.25) is 0 Å². The van der Waals surface area contributed by atoms with Crippen molar-refractivity contribution in [3.8, 4) is 0 Å². The number of likely N-dealkylation sites (N-methyl/N-ethyl adjacent to an activating group) is 1. The van der Waals surface area contributed by atoms with Crippen molar-refractivity contribution < 1.29 is 0 Å². The van der Waals surface area contributed by atoms with E-state index in [-0.39, 0.29) is 24.0 Å². The van der Waals surface area contributed by atoms with Crippen molar-refractivity contribution in [2.75, 3.05) is 52.4 Å². The molecule has 0 saturated carbocycles. The van der Waals surface area contributed by atoms with Gasteiger partial charge in [-0.2, -0.15) is 0 Å². The van der Waals surface area contributed by atoms with Crippen LogP contribution in [-0.2, 0) is 13.1 Å². The highest BCUT2D eigenvalue weighted by Gasteiger charge is 2.31. The van der Waals surface area contributed by atoms with E-state index in [4.69, 9.17) is 4.99 Å². The summed E-state index contributed by atoms with van der Waals surface area (Å²) in [5, 5.41) is 7.18. The van der Waals surface area contributed by atoms with Crippen molar-refractivity contribution in [2.24, 2.45) is 10.9 Å². The van der Waals surface area contributed by atoms with Crippen molar-refractivity contribution in [3.05, 3.63) is 35.4 Å². The van der Waals surface area contributed by atoms with E-state index >= 15 is 0 Å².